The zero-order valence-corrected chi connectivity index (χ0v) is 12.2. The van der Waals surface area contributed by atoms with E-state index < -0.39 is 0 Å². The molecule has 0 saturated carbocycles. The normalized spacial score (nSPS) is 21.7. The van der Waals surface area contributed by atoms with Crippen LogP contribution in [0.4, 0.5) is 5.69 Å². The molecule has 1 aliphatic heterocycles. The number of rotatable bonds is 2. The van der Waals surface area contributed by atoms with E-state index in [1.165, 1.54) is 5.56 Å². The predicted octanol–water partition coefficient (Wildman–Crippen LogP) is 3.48. The van der Waals surface area contributed by atoms with Crippen molar-refractivity contribution in [1.82, 2.24) is 0 Å². The number of fused-ring (bicyclic) bond motifs is 1. The SMILES string of the molecule is COC1=C(C)C(=O)/C1=C/C1=Nc2ccccc2C1(C)C. The summed E-state index contributed by atoms with van der Waals surface area (Å²) in [5, 5.41) is 0. The Morgan fingerprint density at radius 1 is 1.25 bits per heavy atom. The maximum atomic E-state index is 11.9. The van der Waals surface area contributed by atoms with Crippen LogP contribution in [0, 0.1) is 0 Å². The van der Waals surface area contributed by atoms with Crippen LogP contribution in [0.5, 0.6) is 0 Å². The van der Waals surface area contributed by atoms with Crippen molar-refractivity contribution in [1.29, 1.82) is 0 Å². The fourth-order valence-electron chi connectivity index (χ4n) is 2.80. The molecule has 0 aromatic heterocycles. The number of carbonyl (C=O) groups is 1. The van der Waals surface area contributed by atoms with Gasteiger partial charge in [0.25, 0.3) is 0 Å². The van der Waals surface area contributed by atoms with Crippen molar-refractivity contribution < 1.29 is 9.53 Å². The lowest BCUT2D eigenvalue weighted by atomic mass is 9.79. The first kappa shape index (κ1) is 12.9. The third-order valence-corrected chi connectivity index (χ3v) is 4.11. The van der Waals surface area contributed by atoms with E-state index in [2.05, 4.69) is 24.9 Å². The molecule has 1 aromatic carbocycles. The average molecular weight is 267 g/mol. The number of aliphatic imine (C=N–C) groups is 1. The Labute approximate surface area is 118 Å². The highest BCUT2D eigenvalue weighted by Crippen LogP contribution is 2.41. The van der Waals surface area contributed by atoms with E-state index in [4.69, 9.17) is 4.74 Å². The van der Waals surface area contributed by atoms with Crippen LogP contribution in [0.3, 0.4) is 0 Å². The van der Waals surface area contributed by atoms with Crippen LogP contribution in [-0.2, 0) is 14.9 Å². The number of nitrogens with zero attached hydrogens (tertiary/aromatic N) is 1. The number of Topliss-reactive ketones (excluding diaryl/α,β-unsaturated/α-hetero) is 1. The number of ketones is 1. The Morgan fingerprint density at radius 3 is 2.60 bits per heavy atom. The highest BCUT2D eigenvalue weighted by atomic mass is 16.5. The second-order valence-electron chi connectivity index (χ2n) is 5.68. The predicted molar refractivity (Wildman–Crippen MR) is 79.4 cm³/mol. The molecule has 0 radical (unpaired) electrons. The fraction of sp³-hybridized carbons (Fsp3) is 0.294. The lowest BCUT2D eigenvalue weighted by Crippen LogP contribution is -2.28. The van der Waals surface area contributed by atoms with E-state index >= 15 is 0 Å². The highest BCUT2D eigenvalue weighted by molar-refractivity contribution is 6.23. The van der Waals surface area contributed by atoms with Crippen molar-refractivity contribution in [2.45, 2.75) is 26.2 Å². The summed E-state index contributed by atoms with van der Waals surface area (Å²) in [7, 11) is 1.59. The van der Waals surface area contributed by atoms with Gasteiger partial charge in [-0.15, -0.1) is 0 Å². The third-order valence-electron chi connectivity index (χ3n) is 4.11. The Hall–Kier alpha value is -2.16. The number of benzene rings is 1. The quantitative estimate of drug-likeness (QED) is 0.769. The molecule has 0 amide bonds. The smallest absolute Gasteiger partial charge is 0.196 e. The van der Waals surface area contributed by atoms with Gasteiger partial charge in [0.05, 0.1) is 24.1 Å². The zero-order chi connectivity index (χ0) is 14.5. The largest absolute Gasteiger partial charge is 0.496 e. The molecule has 1 aromatic rings. The fourth-order valence-corrected chi connectivity index (χ4v) is 2.80. The molecule has 2 aliphatic rings. The van der Waals surface area contributed by atoms with Gasteiger partial charge < -0.3 is 4.74 Å². The first-order valence-electron chi connectivity index (χ1n) is 6.67. The van der Waals surface area contributed by atoms with Gasteiger partial charge in [-0.2, -0.15) is 0 Å². The molecule has 0 N–H and O–H groups in total. The molecule has 0 spiro atoms. The molecule has 0 saturated heterocycles. The van der Waals surface area contributed by atoms with Crippen molar-refractivity contribution in [3.05, 3.63) is 52.8 Å². The molecule has 0 unspecified atom stereocenters. The first-order chi connectivity index (χ1) is 9.46. The maximum absolute atomic E-state index is 11.9. The van der Waals surface area contributed by atoms with E-state index in [1.54, 1.807) is 14.0 Å². The Balaban J connectivity index is 2.05. The van der Waals surface area contributed by atoms with Crippen LogP contribution in [0.15, 0.2) is 52.2 Å². The molecule has 3 heteroatoms. The number of para-hydroxylation sites is 1. The van der Waals surface area contributed by atoms with Crippen LogP contribution < -0.4 is 0 Å². The summed E-state index contributed by atoms with van der Waals surface area (Å²) in [5.74, 6) is 0.737. The van der Waals surface area contributed by atoms with Crippen LogP contribution >= 0.6 is 0 Å². The number of ether oxygens (including phenoxy) is 1. The molecular formula is C17H17NO2. The summed E-state index contributed by atoms with van der Waals surface area (Å²) in [4.78, 5) is 16.6. The van der Waals surface area contributed by atoms with Gasteiger partial charge >= 0.3 is 0 Å². The van der Waals surface area contributed by atoms with E-state index in [1.807, 2.05) is 24.3 Å². The molecular weight excluding hydrogens is 250 g/mol. The topological polar surface area (TPSA) is 38.7 Å². The van der Waals surface area contributed by atoms with E-state index in [0.717, 1.165) is 11.4 Å². The number of hydrogen-bond acceptors (Lipinski definition) is 3. The van der Waals surface area contributed by atoms with Gasteiger partial charge in [-0.1, -0.05) is 32.0 Å². The molecule has 3 rings (SSSR count). The van der Waals surface area contributed by atoms with E-state index in [0.29, 0.717) is 16.9 Å². The Bertz CT molecular complexity index is 705. The minimum atomic E-state index is -0.188. The van der Waals surface area contributed by atoms with Gasteiger partial charge in [0, 0.05) is 11.0 Å². The lowest BCUT2D eigenvalue weighted by Gasteiger charge is -2.25. The molecule has 0 fully saturated rings. The van der Waals surface area contributed by atoms with Crippen LogP contribution in [0.2, 0.25) is 0 Å². The van der Waals surface area contributed by atoms with Gasteiger partial charge in [-0.05, 0) is 24.6 Å². The number of hydrogen-bond donors (Lipinski definition) is 0. The molecule has 0 bridgehead atoms. The summed E-state index contributed by atoms with van der Waals surface area (Å²) in [5.41, 5.74) is 4.21. The van der Waals surface area contributed by atoms with Crippen molar-refractivity contribution in [2.24, 2.45) is 4.99 Å². The minimum Gasteiger partial charge on any atom is -0.496 e. The van der Waals surface area contributed by atoms with Gasteiger partial charge in [0.2, 0.25) is 0 Å². The zero-order valence-electron chi connectivity index (χ0n) is 12.2. The van der Waals surface area contributed by atoms with Crippen LogP contribution in [0.25, 0.3) is 0 Å². The summed E-state index contributed by atoms with van der Waals surface area (Å²) >= 11 is 0. The third kappa shape index (κ3) is 1.59. The molecule has 3 nitrogen and oxygen atoms in total. The van der Waals surface area contributed by atoms with Crippen molar-refractivity contribution >= 4 is 17.2 Å². The Morgan fingerprint density at radius 2 is 1.95 bits per heavy atom. The van der Waals surface area contributed by atoms with Gasteiger partial charge in [0.15, 0.2) is 5.78 Å². The summed E-state index contributed by atoms with van der Waals surface area (Å²) in [6, 6.07) is 8.09. The molecule has 102 valence electrons. The second kappa shape index (κ2) is 4.17. The molecule has 0 atom stereocenters. The number of carbonyl (C=O) groups excluding carboxylic acids is 1. The summed E-state index contributed by atoms with van der Waals surface area (Å²) in [6.07, 6.45) is 1.87. The van der Waals surface area contributed by atoms with Crippen molar-refractivity contribution in [3.63, 3.8) is 0 Å². The van der Waals surface area contributed by atoms with Crippen LogP contribution in [0.1, 0.15) is 26.3 Å². The monoisotopic (exact) mass is 267 g/mol. The highest BCUT2D eigenvalue weighted by Gasteiger charge is 2.37. The summed E-state index contributed by atoms with van der Waals surface area (Å²) in [6.45, 7) is 6.04. The van der Waals surface area contributed by atoms with Gasteiger partial charge in [-0.25, -0.2) is 0 Å². The standard InChI is InChI=1S/C17H17NO2/c1-10-15(19)11(16(10)20-4)9-14-17(2,3)12-7-5-6-8-13(12)18-14/h5-9H,1-4H3/b11-9-. The van der Waals surface area contributed by atoms with Crippen molar-refractivity contribution in [3.8, 4) is 0 Å². The minimum absolute atomic E-state index is 0.0521. The van der Waals surface area contributed by atoms with Crippen molar-refractivity contribution in [2.75, 3.05) is 7.11 Å². The average Bonchev–Trinajstić information content (AvgIpc) is 2.70. The van der Waals surface area contributed by atoms with Gasteiger partial charge in [-0.3, -0.25) is 9.79 Å². The Kier molecular flexibility index (Phi) is 2.68. The molecule has 20 heavy (non-hydrogen) atoms. The molecule has 1 heterocycles. The lowest BCUT2D eigenvalue weighted by molar-refractivity contribution is -0.114. The van der Waals surface area contributed by atoms with E-state index in [-0.39, 0.29) is 11.2 Å². The first-order valence-corrected chi connectivity index (χ1v) is 6.67. The second-order valence-corrected chi connectivity index (χ2v) is 5.68. The number of allylic oxidation sites excluding steroid dienone is 3. The number of methoxy groups -OCH3 is 1. The van der Waals surface area contributed by atoms with Crippen LogP contribution in [-0.4, -0.2) is 18.6 Å². The van der Waals surface area contributed by atoms with E-state index in [9.17, 15) is 4.79 Å². The summed E-state index contributed by atoms with van der Waals surface area (Å²) < 4.78 is 5.27. The molecule has 1 aliphatic carbocycles. The maximum Gasteiger partial charge on any atom is 0.196 e. The van der Waals surface area contributed by atoms with Gasteiger partial charge in [0.1, 0.15) is 5.76 Å².